The van der Waals surface area contributed by atoms with Crippen molar-refractivity contribution in [2.75, 3.05) is 20.8 Å². The lowest BCUT2D eigenvalue weighted by Gasteiger charge is -2.49. The monoisotopic (exact) mass is 444 g/mol. The molecule has 2 saturated carbocycles. The second-order valence-corrected chi connectivity index (χ2v) is 10.3. The Labute approximate surface area is 198 Å². The van der Waals surface area contributed by atoms with Gasteiger partial charge in [-0.05, 0) is 79.7 Å². The number of methoxy groups -OCH3 is 2. The maximum atomic E-state index is 6.04. The minimum absolute atomic E-state index is 0.0711. The Morgan fingerprint density at radius 3 is 2.67 bits per heavy atom. The Balaban J connectivity index is 1.36. The van der Waals surface area contributed by atoms with E-state index in [0.29, 0.717) is 12.7 Å². The molecule has 174 valence electrons. The molecule has 0 aromatic heterocycles. The lowest BCUT2D eigenvalue weighted by atomic mass is 9.54. The zero-order valence-corrected chi connectivity index (χ0v) is 20.3. The molecule has 33 heavy (non-hydrogen) atoms. The molecule has 0 amide bonds. The molecule has 3 heteroatoms. The molecule has 0 bridgehead atoms. The van der Waals surface area contributed by atoms with E-state index in [1.165, 1.54) is 36.0 Å². The highest BCUT2D eigenvalue weighted by Gasteiger charge is 2.53. The van der Waals surface area contributed by atoms with Gasteiger partial charge < -0.3 is 14.2 Å². The van der Waals surface area contributed by atoms with Gasteiger partial charge in [0.25, 0.3) is 0 Å². The number of hydrogen-bond acceptors (Lipinski definition) is 3. The van der Waals surface area contributed by atoms with Crippen LogP contribution in [0, 0.1) is 10.8 Å². The van der Waals surface area contributed by atoms with Crippen LogP contribution in [0.5, 0.6) is 0 Å². The molecule has 4 aliphatic rings. The number of benzene rings is 1. The van der Waals surface area contributed by atoms with E-state index in [2.05, 4.69) is 54.8 Å². The Kier molecular flexibility index (Phi) is 6.25. The van der Waals surface area contributed by atoms with E-state index in [9.17, 15) is 0 Å². The van der Waals surface area contributed by atoms with Crippen LogP contribution in [0.4, 0.5) is 0 Å². The third kappa shape index (κ3) is 4.09. The molecule has 1 aromatic rings. The second kappa shape index (κ2) is 9.16. The highest BCUT2D eigenvalue weighted by molar-refractivity contribution is 5.53. The lowest BCUT2D eigenvalue weighted by molar-refractivity contribution is 0.0777. The van der Waals surface area contributed by atoms with Crippen LogP contribution < -0.4 is 0 Å². The normalized spacial score (nSPS) is 30.2. The second-order valence-electron chi connectivity index (χ2n) is 10.3. The van der Waals surface area contributed by atoms with E-state index in [1.54, 1.807) is 18.3 Å². The van der Waals surface area contributed by atoms with Crippen LogP contribution in [0.15, 0.2) is 75.9 Å². The molecule has 3 unspecified atom stereocenters. The van der Waals surface area contributed by atoms with E-state index in [0.717, 1.165) is 44.5 Å². The quantitative estimate of drug-likeness (QED) is 0.250. The average molecular weight is 445 g/mol. The summed E-state index contributed by atoms with van der Waals surface area (Å²) in [5.74, 6) is 0.800. The van der Waals surface area contributed by atoms with Gasteiger partial charge in [0, 0.05) is 24.7 Å². The van der Waals surface area contributed by atoms with Crippen molar-refractivity contribution in [2.24, 2.45) is 10.8 Å². The maximum absolute atomic E-state index is 6.04. The van der Waals surface area contributed by atoms with Crippen LogP contribution in [0.2, 0.25) is 0 Å². The lowest BCUT2D eigenvalue weighted by Crippen LogP contribution is -2.37. The van der Waals surface area contributed by atoms with Crippen LogP contribution in [0.1, 0.15) is 63.9 Å². The van der Waals surface area contributed by atoms with Gasteiger partial charge in [0.05, 0.1) is 19.8 Å². The summed E-state index contributed by atoms with van der Waals surface area (Å²) < 4.78 is 17.4. The van der Waals surface area contributed by atoms with Crippen LogP contribution in [-0.2, 0) is 20.8 Å². The predicted octanol–water partition coefficient (Wildman–Crippen LogP) is 6.82. The van der Waals surface area contributed by atoms with Gasteiger partial charge >= 0.3 is 0 Å². The number of fused-ring (bicyclic) bond motifs is 4. The van der Waals surface area contributed by atoms with Gasteiger partial charge in [0.1, 0.15) is 0 Å². The van der Waals surface area contributed by atoms with Gasteiger partial charge in [-0.2, -0.15) is 0 Å². The minimum Gasteiger partial charge on any atom is -0.489 e. The van der Waals surface area contributed by atoms with Gasteiger partial charge in [-0.15, -0.1) is 0 Å². The summed E-state index contributed by atoms with van der Waals surface area (Å²) >= 11 is 0. The van der Waals surface area contributed by atoms with Crippen molar-refractivity contribution in [1.82, 2.24) is 0 Å². The maximum Gasteiger partial charge on any atom is 0.170 e. The van der Waals surface area contributed by atoms with Gasteiger partial charge in [-0.25, -0.2) is 0 Å². The van der Waals surface area contributed by atoms with Crippen LogP contribution in [0.3, 0.4) is 0 Å². The summed E-state index contributed by atoms with van der Waals surface area (Å²) in [7, 11) is 3.60. The van der Waals surface area contributed by atoms with Crippen molar-refractivity contribution >= 4 is 0 Å². The summed E-state index contributed by atoms with van der Waals surface area (Å²) in [5.41, 5.74) is 14.4. The zero-order chi connectivity index (χ0) is 22.9. The highest BCUT2D eigenvalue weighted by Crippen LogP contribution is 2.64. The summed E-state index contributed by atoms with van der Waals surface area (Å²) in [6, 6.07) is 10.5. The molecule has 0 spiro atoms. The van der Waals surface area contributed by atoms with Gasteiger partial charge in [0.2, 0.25) is 0 Å². The number of ether oxygens (including phenoxy) is 3. The van der Waals surface area contributed by atoms with Gasteiger partial charge in [-0.1, -0.05) is 54.1 Å². The first-order valence-electron chi connectivity index (χ1n) is 12.5. The molecule has 5 rings (SSSR count). The third-order valence-electron chi connectivity index (χ3n) is 8.57. The van der Waals surface area contributed by atoms with E-state index < -0.39 is 0 Å². The minimum atomic E-state index is 0.0711. The average Bonchev–Trinajstić information content (AvgIpc) is 3.23. The molecule has 0 N–H and O–H groups in total. The first-order chi connectivity index (χ1) is 16.1. The van der Waals surface area contributed by atoms with E-state index in [4.69, 9.17) is 14.2 Å². The fraction of sp³-hybridized carbons (Fsp3) is 0.533. The number of hydrogen-bond donors (Lipinski definition) is 0. The fourth-order valence-corrected chi connectivity index (χ4v) is 6.80. The highest BCUT2D eigenvalue weighted by atomic mass is 16.5. The predicted molar refractivity (Wildman–Crippen MR) is 131 cm³/mol. The molecule has 3 nitrogen and oxygen atoms in total. The van der Waals surface area contributed by atoms with Crippen LogP contribution >= 0.6 is 0 Å². The van der Waals surface area contributed by atoms with Crippen LogP contribution in [-0.4, -0.2) is 26.9 Å². The van der Waals surface area contributed by atoms with Crippen molar-refractivity contribution < 1.29 is 14.2 Å². The summed E-state index contributed by atoms with van der Waals surface area (Å²) in [4.78, 5) is 0. The molecular formula is C30H36O3. The van der Waals surface area contributed by atoms with Crippen LogP contribution in [0.25, 0.3) is 0 Å². The topological polar surface area (TPSA) is 27.7 Å². The largest absolute Gasteiger partial charge is 0.489 e. The van der Waals surface area contributed by atoms with Crippen molar-refractivity contribution in [3.05, 3.63) is 81.5 Å². The SMILES string of the molecule is COC1=C=C=C2C(=C1)CCC1=C3CC(OC)CC3(CCCOCc3ccccc3)CCC21C. The van der Waals surface area contributed by atoms with Crippen molar-refractivity contribution in [2.45, 2.75) is 71.0 Å². The molecule has 0 heterocycles. The molecule has 0 saturated heterocycles. The summed E-state index contributed by atoms with van der Waals surface area (Å²) in [6.07, 6.45) is 11.7. The van der Waals surface area contributed by atoms with Gasteiger partial charge in [0.15, 0.2) is 5.76 Å². The molecule has 0 aliphatic heterocycles. The van der Waals surface area contributed by atoms with E-state index >= 15 is 0 Å². The summed E-state index contributed by atoms with van der Waals surface area (Å²) in [6.45, 7) is 3.96. The number of allylic oxidation sites excluding steroid dienone is 4. The molecule has 4 aliphatic carbocycles. The smallest absolute Gasteiger partial charge is 0.170 e. The molecule has 3 atom stereocenters. The van der Waals surface area contributed by atoms with E-state index in [-0.39, 0.29) is 10.8 Å². The van der Waals surface area contributed by atoms with Crippen molar-refractivity contribution in [3.63, 3.8) is 0 Å². The molecular weight excluding hydrogens is 408 g/mol. The fourth-order valence-electron chi connectivity index (χ4n) is 6.80. The Morgan fingerprint density at radius 1 is 1.03 bits per heavy atom. The van der Waals surface area contributed by atoms with E-state index in [1.807, 2.05) is 7.11 Å². The molecule has 2 fully saturated rings. The first-order valence-corrected chi connectivity index (χ1v) is 12.5. The van der Waals surface area contributed by atoms with Gasteiger partial charge in [-0.3, -0.25) is 0 Å². The standard InChI is InChI=1S/C30H36O3/c1-29-15-16-30(14-7-17-33-21-22-8-5-4-6-9-22)20-25(32-3)19-28(30)27(29)12-10-23-18-24(31-2)11-13-26(23)29/h4-6,8-9,18,25H,7,10,12,14-17,19-21H2,1-3H3. The zero-order valence-electron chi connectivity index (χ0n) is 20.3. The Hall–Kier alpha value is -2.28. The molecule has 0 radical (unpaired) electrons. The van der Waals surface area contributed by atoms with Crippen molar-refractivity contribution in [1.29, 1.82) is 0 Å². The summed E-state index contributed by atoms with van der Waals surface area (Å²) in [5, 5.41) is 0. The third-order valence-corrected chi connectivity index (χ3v) is 8.57. The first kappa shape index (κ1) is 22.5. The Bertz CT molecular complexity index is 1070. The number of rotatable bonds is 8. The Morgan fingerprint density at radius 2 is 1.88 bits per heavy atom. The molecule has 1 aromatic carbocycles. The van der Waals surface area contributed by atoms with Crippen molar-refractivity contribution in [3.8, 4) is 0 Å².